The fraction of sp³-hybridized carbons (Fsp3) is 0.409. The number of aromatic nitrogens is 4. The SMILES string of the molecule is OC[C@H](Cc1ccccc1)Nc1nc(C#CCC2CCNCC2)nc2nc[nH]c12. The molecule has 3 aromatic rings. The molecule has 7 nitrogen and oxygen atoms in total. The molecule has 0 spiro atoms. The van der Waals surface area contributed by atoms with Gasteiger partial charge in [0.25, 0.3) is 0 Å². The number of H-pyrrole nitrogens is 1. The van der Waals surface area contributed by atoms with Crippen molar-refractivity contribution in [1.29, 1.82) is 0 Å². The molecule has 1 aliphatic heterocycles. The Balaban J connectivity index is 1.51. The Morgan fingerprint density at radius 1 is 1.17 bits per heavy atom. The number of aromatic amines is 1. The van der Waals surface area contributed by atoms with Crippen LogP contribution in [-0.4, -0.2) is 50.8 Å². The Labute approximate surface area is 170 Å². The Kier molecular flexibility index (Phi) is 6.35. The molecule has 0 saturated carbocycles. The van der Waals surface area contributed by atoms with Crippen LogP contribution in [0.25, 0.3) is 11.2 Å². The fourth-order valence-corrected chi connectivity index (χ4v) is 3.61. The lowest BCUT2D eigenvalue weighted by molar-refractivity contribution is 0.273. The van der Waals surface area contributed by atoms with Crippen molar-refractivity contribution in [1.82, 2.24) is 25.3 Å². The van der Waals surface area contributed by atoms with Gasteiger partial charge in [0.15, 0.2) is 11.5 Å². The van der Waals surface area contributed by atoms with E-state index in [0.717, 1.165) is 30.6 Å². The molecular formula is C22H26N6O. The van der Waals surface area contributed by atoms with Crippen molar-refractivity contribution in [3.63, 3.8) is 0 Å². The highest BCUT2D eigenvalue weighted by Gasteiger charge is 2.15. The number of aliphatic hydroxyl groups is 1. The highest BCUT2D eigenvalue weighted by Crippen LogP contribution is 2.19. The second-order valence-corrected chi connectivity index (χ2v) is 7.41. The van der Waals surface area contributed by atoms with Gasteiger partial charge < -0.3 is 20.7 Å². The van der Waals surface area contributed by atoms with E-state index < -0.39 is 0 Å². The van der Waals surface area contributed by atoms with Crippen LogP contribution in [0, 0.1) is 17.8 Å². The van der Waals surface area contributed by atoms with Gasteiger partial charge in [-0.3, -0.25) is 0 Å². The molecule has 4 rings (SSSR count). The number of rotatable bonds is 6. The monoisotopic (exact) mass is 390 g/mol. The third-order valence-corrected chi connectivity index (χ3v) is 5.22. The van der Waals surface area contributed by atoms with Crippen LogP contribution in [0.2, 0.25) is 0 Å². The second kappa shape index (κ2) is 9.50. The molecule has 1 saturated heterocycles. The number of hydrogen-bond acceptors (Lipinski definition) is 6. The van der Waals surface area contributed by atoms with E-state index in [1.807, 2.05) is 30.3 Å². The van der Waals surface area contributed by atoms with Crippen LogP contribution in [0.3, 0.4) is 0 Å². The number of hydrogen-bond donors (Lipinski definition) is 4. The summed E-state index contributed by atoms with van der Waals surface area (Å²) in [5.41, 5.74) is 2.45. The third-order valence-electron chi connectivity index (χ3n) is 5.22. The van der Waals surface area contributed by atoms with Gasteiger partial charge in [-0.05, 0) is 49.8 Å². The maximum atomic E-state index is 9.86. The number of aliphatic hydroxyl groups excluding tert-OH is 1. The minimum atomic E-state index is -0.172. The van der Waals surface area contributed by atoms with Crippen molar-refractivity contribution in [3.8, 4) is 11.8 Å². The Morgan fingerprint density at radius 2 is 2.00 bits per heavy atom. The third kappa shape index (κ3) is 5.11. The van der Waals surface area contributed by atoms with Crippen LogP contribution in [0.1, 0.15) is 30.7 Å². The number of fused-ring (bicyclic) bond motifs is 1. The number of nitrogens with zero attached hydrogens (tertiary/aromatic N) is 3. The zero-order valence-electron chi connectivity index (χ0n) is 16.4. The van der Waals surface area contributed by atoms with Gasteiger partial charge in [0.1, 0.15) is 5.52 Å². The van der Waals surface area contributed by atoms with Crippen LogP contribution in [0.5, 0.6) is 0 Å². The number of benzene rings is 1. The number of piperidine rings is 1. The van der Waals surface area contributed by atoms with Crippen LogP contribution in [0.15, 0.2) is 36.7 Å². The molecule has 7 heteroatoms. The maximum Gasteiger partial charge on any atom is 0.209 e. The molecule has 1 fully saturated rings. The summed E-state index contributed by atoms with van der Waals surface area (Å²) >= 11 is 0. The molecule has 0 aliphatic carbocycles. The summed E-state index contributed by atoms with van der Waals surface area (Å²) in [4.78, 5) is 16.4. The lowest BCUT2D eigenvalue weighted by Gasteiger charge is -2.20. The van der Waals surface area contributed by atoms with E-state index in [1.165, 1.54) is 12.8 Å². The molecule has 3 heterocycles. The Morgan fingerprint density at radius 3 is 2.79 bits per heavy atom. The zero-order chi connectivity index (χ0) is 19.9. The highest BCUT2D eigenvalue weighted by atomic mass is 16.3. The van der Waals surface area contributed by atoms with Crippen LogP contribution >= 0.6 is 0 Å². The molecular weight excluding hydrogens is 364 g/mol. The highest BCUT2D eigenvalue weighted by molar-refractivity contribution is 5.82. The molecule has 0 bridgehead atoms. The molecule has 2 aromatic heterocycles. The Hall–Kier alpha value is -2.95. The Bertz CT molecular complexity index is 985. The average Bonchev–Trinajstić information content (AvgIpc) is 3.24. The lowest BCUT2D eigenvalue weighted by atomic mass is 9.95. The second-order valence-electron chi connectivity index (χ2n) is 7.41. The molecule has 0 radical (unpaired) electrons. The summed E-state index contributed by atoms with van der Waals surface area (Å²) in [5.74, 6) is 8.07. The molecule has 150 valence electrons. The van der Waals surface area contributed by atoms with Crippen molar-refractivity contribution in [3.05, 3.63) is 48.0 Å². The van der Waals surface area contributed by atoms with E-state index in [2.05, 4.69) is 42.4 Å². The fourth-order valence-electron chi connectivity index (χ4n) is 3.61. The van der Waals surface area contributed by atoms with Gasteiger partial charge >= 0.3 is 0 Å². The predicted octanol–water partition coefficient (Wildman–Crippen LogP) is 2.11. The normalized spacial score (nSPS) is 15.6. The first-order valence-electron chi connectivity index (χ1n) is 10.1. The average molecular weight is 390 g/mol. The topological polar surface area (TPSA) is 98.8 Å². The summed E-state index contributed by atoms with van der Waals surface area (Å²) in [6.45, 7) is 2.13. The largest absolute Gasteiger partial charge is 0.394 e. The summed E-state index contributed by atoms with van der Waals surface area (Å²) in [5, 5.41) is 16.6. The van der Waals surface area contributed by atoms with Crippen molar-refractivity contribution in [2.24, 2.45) is 5.92 Å². The smallest absolute Gasteiger partial charge is 0.209 e. The van der Waals surface area contributed by atoms with E-state index in [1.54, 1.807) is 6.33 Å². The minimum absolute atomic E-state index is 0.00868. The maximum absolute atomic E-state index is 9.86. The van der Waals surface area contributed by atoms with Crippen molar-refractivity contribution >= 4 is 17.0 Å². The van der Waals surface area contributed by atoms with E-state index in [4.69, 9.17) is 0 Å². The predicted molar refractivity (Wildman–Crippen MR) is 113 cm³/mol. The molecule has 1 atom stereocenters. The lowest BCUT2D eigenvalue weighted by Crippen LogP contribution is -2.27. The molecule has 1 aliphatic rings. The van der Waals surface area contributed by atoms with Gasteiger partial charge in [-0.15, -0.1) is 0 Å². The number of anilines is 1. The van der Waals surface area contributed by atoms with E-state index in [0.29, 0.717) is 29.6 Å². The minimum Gasteiger partial charge on any atom is -0.394 e. The van der Waals surface area contributed by atoms with E-state index >= 15 is 0 Å². The first-order chi connectivity index (χ1) is 14.3. The van der Waals surface area contributed by atoms with Crippen LogP contribution in [-0.2, 0) is 6.42 Å². The molecule has 4 N–H and O–H groups in total. The van der Waals surface area contributed by atoms with Gasteiger partial charge in [-0.1, -0.05) is 36.3 Å². The molecule has 29 heavy (non-hydrogen) atoms. The quantitative estimate of drug-likeness (QED) is 0.481. The summed E-state index contributed by atoms with van der Waals surface area (Å²) in [7, 11) is 0. The molecule has 0 amide bonds. The van der Waals surface area contributed by atoms with E-state index in [9.17, 15) is 5.11 Å². The van der Waals surface area contributed by atoms with Gasteiger partial charge in [0, 0.05) is 6.42 Å². The molecule has 0 unspecified atom stereocenters. The van der Waals surface area contributed by atoms with Crippen molar-refractivity contribution in [2.75, 3.05) is 25.0 Å². The zero-order valence-corrected chi connectivity index (χ0v) is 16.4. The van der Waals surface area contributed by atoms with E-state index in [-0.39, 0.29) is 12.6 Å². The van der Waals surface area contributed by atoms with Gasteiger partial charge in [-0.2, -0.15) is 4.98 Å². The van der Waals surface area contributed by atoms with Gasteiger partial charge in [0.2, 0.25) is 5.82 Å². The first-order valence-corrected chi connectivity index (χ1v) is 10.1. The summed E-state index contributed by atoms with van der Waals surface area (Å²) in [6, 6.07) is 9.91. The molecule has 1 aromatic carbocycles. The number of imidazole rings is 1. The standard InChI is InChI=1S/C22H26N6O/c29-14-18(13-17-5-2-1-3-6-17)26-22-20-21(25-15-24-20)27-19(28-22)8-4-7-16-9-11-23-12-10-16/h1-3,5-6,15-16,18,23,29H,7,9-14H2,(H2,24,25,26,27,28)/t18-/m0/s1. The number of nitrogens with one attached hydrogen (secondary N) is 3. The van der Waals surface area contributed by atoms with Crippen LogP contribution in [0.4, 0.5) is 5.82 Å². The summed E-state index contributed by atoms with van der Waals surface area (Å²) < 4.78 is 0. The van der Waals surface area contributed by atoms with Crippen LogP contribution < -0.4 is 10.6 Å². The van der Waals surface area contributed by atoms with Crippen molar-refractivity contribution in [2.45, 2.75) is 31.7 Å². The van der Waals surface area contributed by atoms with Crippen molar-refractivity contribution < 1.29 is 5.11 Å². The van der Waals surface area contributed by atoms with Gasteiger partial charge in [0.05, 0.1) is 19.0 Å². The summed E-state index contributed by atoms with van der Waals surface area (Å²) in [6.07, 6.45) is 5.48. The first kappa shape index (κ1) is 19.4. The van der Waals surface area contributed by atoms with Gasteiger partial charge in [-0.25, -0.2) is 9.97 Å².